The average molecular weight is 339 g/mol. The highest BCUT2D eigenvalue weighted by molar-refractivity contribution is 7.99. The lowest BCUT2D eigenvalue weighted by molar-refractivity contribution is -0.113. The molecule has 1 N–H and O–H groups in total. The quantitative estimate of drug-likeness (QED) is 0.814. The minimum absolute atomic E-state index is 0.116. The number of halogens is 1. The molecule has 118 valence electrons. The van der Waals surface area contributed by atoms with E-state index in [0.29, 0.717) is 10.7 Å². The lowest BCUT2D eigenvalue weighted by atomic mass is 10.3. The molecule has 1 amide bonds. The van der Waals surface area contributed by atoms with Crippen molar-refractivity contribution in [3.05, 3.63) is 35.1 Å². The minimum atomic E-state index is -0.116. The number of nitrogens with one attached hydrogen (secondary N) is 1. The fraction of sp³-hybridized carbons (Fsp3) is 0.400. The molecule has 0 atom stereocenters. The standard InChI is InChI=1S/C15H19ClN4OS/c1-4-13-18-19-15(20(13)10(2)3)22-9-14(21)17-12-8-6-5-7-11(12)16/h5-8,10H,4,9H2,1-3H3,(H,17,21). The third-order valence-corrected chi connectivity index (χ3v) is 4.32. The number of aromatic nitrogens is 3. The predicted octanol–water partition coefficient (Wildman–Crippen LogP) is 3.81. The first-order valence-corrected chi connectivity index (χ1v) is 8.50. The monoisotopic (exact) mass is 338 g/mol. The Morgan fingerprint density at radius 2 is 2.09 bits per heavy atom. The molecule has 0 aliphatic heterocycles. The van der Waals surface area contributed by atoms with Crippen molar-refractivity contribution in [1.29, 1.82) is 0 Å². The summed E-state index contributed by atoms with van der Waals surface area (Å²) in [5.41, 5.74) is 0.620. The highest BCUT2D eigenvalue weighted by Crippen LogP contribution is 2.23. The van der Waals surface area contributed by atoms with E-state index >= 15 is 0 Å². The van der Waals surface area contributed by atoms with Crippen molar-refractivity contribution in [3.8, 4) is 0 Å². The summed E-state index contributed by atoms with van der Waals surface area (Å²) in [5.74, 6) is 1.08. The Morgan fingerprint density at radius 3 is 2.73 bits per heavy atom. The molecule has 1 aromatic carbocycles. The number of carbonyl (C=O) groups excluding carboxylic acids is 1. The Hall–Kier alpha value is -1.53. The van der Waals surface area contributed by atoms with Crippen LogP contribution in [0.3, 0.4) is 0 Å². The summed E-state index contributed by atoms with van der Waals surface area (Å²) in [6.07, 6.45) is 0.817. The van der Waals surface area contributed by atoms with Crippen molar-refractivity contribution in [2.45, 2.75) is 38.4 Å². The van der Waals surface area contributed by atoms with E-state index in [9.17, 15) is 4.79 Å². The maximum Gasteiger partial charge on any atom is 0.234 e. The number of thioether (sulfide) groups is 1. The van der Waals surface area contributed by atoms with Crippen LogP contribution in [0.1, 0.15) is 32.6 Å². The maximum absolute atomic E-state index is 12.0. The van der Waals surface area contributed by atoms with Gasteiger partial charge in [-0.15, -0.1) is 10.2 Å². The van der Waals surface area contributed by atoms with Crippen LogP contribution in [0, 0.1) is 0 Å². The van der Waals surface area contributed by atoms with E-state index in [0.717, 1.165) is 17.4 Å². The van der Waals surface area contributed by atoms with Gasteiger partial charge < -0.3 is 9.88 Å². The van der Waals surface area contributed by atoms with Gasteiger partial charge in [0, 0.05) is 12.5 Å². The maximum atomic E-state index is 12.0. The first-order chi connectivity index (χ1) is 10.5. The molecule has 0 unspecified atom stereocenters. The number of amides is 1. The van der Waals surface area contributed by atoms with Crippen LogP contribution in [-0.2, 0) is 11.2 Å². The number of benzene rings is 1. The zero-order valence-electron chi connectivity index (χ0n) is 12.8. The first kappa shape index (κ1) is 16.8. The molecule has 1 heterocycles. The summed E-state index contributed by atoms with van der Waals surface area (Å²) in [6.45, 7) is 6.20. The van der Waals surface area contributed by atoms with Crippen LogP contribution in [0.5, 0.6) is 0 Å². The normalized spacial score (nSPS) is 11.0. The topological polar surface area (TPSA) is 59.8 Å². The molecule has 22 heavy (non-hydrogen) atoms. The lowest BCUT2D eigenvalue weighted by Crippen LogP contribution is -2.15. The Bertz CT molecular complexity index is 657. The third-order valence-electron chi connectivity index (χ3n) is 3.05. The Labute approximate surface area is 139 Å². The smallest absolute Gasteiger partial charge is 0.234 e. The number of hydrogen-bond donors (Lipinski definition) is 1. The van der Waals surface area contributed by atoms with E-state index in [-0.39, 0.29) is 17.7 Å². The van der Waals surface area contributed by atoms with Gasteiger partial charge >= 0.3 is 0 Å². The van der Waals surface area contributed by atoms with Crippen LogP contribution >= 0.6 is 23.4 Å². The second-order valence-corrected chi connectivity index (χ2v) is 6.38. The molecule has 0 radical (unpaired) electrons. The largest absolute Gasteiger partial charge is 0.324 e. The molecule has 0 aliphatic carbocycles. The number of rotatable bonds is 6. The molecule has 0 saturated carbocycles. The zero-order valence-corrected chi connectivity index (χ0v) is 14.4. The summed E-state index contributed by atoms with van der Waals surface area (Å²) in [4.78, 5) is 12.0. The Kier molecular flexibility index (Phi) is 5.85. The highest BCUT2D eigenvalue weighted by Gasteiger charge is 2.15. The van der Waals surface area contributed by atoms with E-state index in [1.165, 1.54) is 11.8 Å². The molecular formula is C15H19ClN4OS. The summed E-state index contributed by atoms with van der Waals surface area (Å²) >= 11 is 7.41. The fourth-order valence-electron chi connectivity index (χ4n) is 2.04. The van der Waals surface area contributed by atoms with Crippen molar-refractivity contribution < 1.29 is 4.79 Å². The molecule has 5 nitrogen and oxygen atoms in total. The van der Waals surface area contributed by atoms with E-state index in [4.69, 9.17) is 11.6 Å². The van der Waals surface area contributed by atoms with Gasteiger partial charge in [-0.3, -0.25) is 4.79 Å². The van der Waals surface area contributed by atoms with Crippen molar-refractivity contribution in [1.82, 2.24) is 14.8 Å². The van der Waals surface area contributed by atoms with E-state index in [1.54, 1.807) is 12.1 Å². The first-order valence-electron chi connectivity index (χ1n) is 7.13. The molecule has 7 heteroatoms. The van der Waals surface area contributed by atoms with E-state index in [2.05, 4.69) is 33.9 Å². The van der Waals surface area contributed by atoms with Crippen LogP contribution in [-0.4, -0.2) is 26.4 Å². The molecule has 0 aliphatic rings. The van der Waals surface area contributed by atoms with Crippen molar-refractivity contribution in [3.63, 3.8) is 0 Å². The van der Waals surface area contributed by atoms with Crippen LogP contribution in [0.4, 0.5) is 5.69 Å². The summed E-state index contributed by atoms with van der Waals surface area (Å²) < 4.78 is 2.06. The predicted molar refractivity (Wildman–Crippen MR) is 90.6 cm³/mol. The highest BCUT2D eigenvalue weighted by atomic mass is 35.5. The van der Waals surface area contributed by atoms with Gasteiger partial charge in [-0.25, -0.2) is 0 Å². The number of para-hydroxylation sites is 1. The van der Waals surface area contributed by atoms with Crippen LogP contribution in [0.25, 0.3) is 0 Å². The van der Waals surface area contributed by atoms with Crippen molar-refractivity contribution >= 4 is 35.0 Å². The van der Waals surface area contributed by atoms with Gasteiger partial charge in [0.25, 0.3) is 0 Å². The van der Waals surface area contributed by atoms with Gasteiger partial charge in [0.1, 0.15) is 5.82 Å². The van der Waals surface area contributed by atoms with Gasteiger partial charge in [0.05, 0.1) is 16.5 Å². The number of hydrogen-bond acceptors (Lipinski definition) is 4. The molecule has 0 fully saturated rings. The fourth-order valence-corrected chi connectivity index (χ4v) is 3.11. The minimum Gasteiger partial charge on any atom is -0.324 e. The molecule has 2 rings (SSSR count). The number of anilines is 1. The third kappa shape index (κ3) is 4.01. The molecule has 0 bridgehead atoms. The number of aryl methyl sites for hydroxylation is 1. The molecule has 2 aromatic rings. The van der Waals surface area contributed by atoms with Gasteiger partial charge in [-0.05, 0) is 26.0 Å². The lowest BCUT2D eigenvalue weighted by Gasteiger charge is -2.12. The second kappa shape index (κ2) is 7.65. The average Bonchev–Trinajstić information content (AvgIpc) is 2.91. The molecule has 1 aromatic heterocycles. The van der Waals surface area contributed by atoms with Gasteiger partial charge in [-0.2, -0.15) is 0 Å². The number of carbonyl (C=O) groups is 1. The van der Waals surface area contributed by atoms with Crippen molar-refractivity contribution in [2.75, 3.05) is 11.1 Å². The zero-order chi connectivity index (χ0) is 16.1. The van der Waals surface area contributed by atoms with Crippen LogP contribution < -0.4 is 5.32 Å². The van der Waals surface area contributed by atoms with Crippen LogP contribution in [0.2, 0.25) is 5.02 Å². The van der Waals surface area contributed by atoms with Crippen molar-refractivity contribution in [2.24, 2.45) is 0 Å². The Morgan fingerprint density at radius 1 is 1.36 bits per heavy atom. The van der Waals surface area contributed by atoms with Crippen LogP contribution in [0.15, 0.2) is 29.4 Å². The second-order valence-electron chi connectivity index (χ2n) is 5.03. The van der Waals surface area contributed by atoms with Gasteiger partial charge in [0.15, 0.2) is 5.16 Å². The molecule has 0 spiro atoms. The SMILES string of the molecule is CCc1nnc(SCC(=O)Nc2ccccc2Cl)n1C(C)C. The Balaban J connectivity index is 2.00. The summed E-state index contributed by atoms with van der Waals surface area (Å²) in [6, 6.07) is 7.44. The van der Waals surface area contributed by atoms with Gasteiger partial charge in [0.2, 0.25) is 5.91 Å². The van der Waals surface area contributed by atoms with Gasteiger partial charge in [-0.1, -0.05) is 42.4 Å². The summed E-state index contributed by atoms with van der Waals surface area (Å²) in [5, 5.41) is 12.4. The number of nitrogens with zero attached hydrogens (tertiary/aromatic N) is 3. The van der Waals surface area contributed by atoms with E-state index < -0.39 is 0 Å². The summed E-state index contributed by atoms with van der Waals surface area (Å²) in [7, 11) is 0. The molecular weight excluding hydrogens is 320 g/mol. The molecule has 0 saturated heterocycles. The van der Waals surface area contributed by atoms with E-state index in [1.807, 2.05) is 19.1 Å².